The summed E-state index contributed by atoms with van der Waals surface area (Å²) in [5.41, 5.74) is 0. The Bertz CT molecular complexity index is 185. The van der Waals surface area contributed by atoms with Gasteiger partial charge in [0.25, 0.3) is 0 Å². The van der Waals surface area contributed by atoms with Crippen LogP contribution in [0.25, 0.3) is 0 Å². The first-order chi connectivity index (χ1) is 4.62. The lowest BCUT2D eigenvalue weighted by atomic mass is 10.3. The molecular weight excluding hydrogens is 154 g/mol. The molecule has 0 amide bonds. The van der Waals surface area contributed by atoms with Crippen LogP contribution in [-0.4, -0.2) is 14.2 Å². The molecule has 0 spiro atoms. The van der Waals surface area contributed by atoms with Crippen LogP contribution in [0.3, 0.4) is 0 Å². The monoisotopic (exact) mass is 166 g/mol. The fourth-order valence-electron chi connectivity index (χ4n) is 0.584. The first-order valence-corrected chi connectivity index (χ1v) is 4.89. The molecule has 60 valence electrons. The van der Waals surface area contributed by atoms with Crippen molar-refractivity contribution in [2.24, 2.45) is 0 Å². The van der Waals surface area contributed by atoms with Crippen molar-refractivity contribution in [2.45, 2.75) is 26.2 Å². The molecule has 10 heavy (non-hydrogen) atoms. The van der Waals surface area contributed by atoms with Crippen LogP contribution in [0.2, 0.25) is 0 Å². The van der Waals surface area contributed by atoms with E-state index in [0.717, 1.165) is 17.4 Å². The lowest BCUT2D eigenvalue weighted by molar-refractivity contribution is -0.294. The third kappa shape index (κ3) is 4.43. The number of nitroso groups, excluding NO2 is 1. The molecule has 0 aromatic heterocycles. The molecule has 5 heteroatoms. The molecular formula is C5H12NO3S+. The number of hydrogen-bond donors (Lipinski definition) is 1. The smallest absolute Gasteiger partial charge is 0.159 e. The highest BCUT2D eigenvalue weighted by atomic mass is 32.2. The van der Waals surface area contributed by atoms with Crippen molar-refractivity contribution in [3.05, 3.63) is 4.91 Å². The van der Waals surface area contributed by atoms with Gasteiger partial charge in [-0.3, -0.25) is 0 Å². The maximum atomic E-state index is 10.5. The predicted octanol–water partition coefficient (Wildman–Crippen LogP) is -0.647. The lowest BCUT2D eigenvalue weighted by Gasteiger charge is -1.88. The molecule has 0 saturated carbocycles. The molecule has 0 saturated heterocycles. The summed E-state index contributed by atoms with van der Waals surface area (Å²) >= 11 is 0. The van der Waals surface area contributed by atoms with Crippen molar-refractivity contribution in [3.63, 3.8) is 0 Å². The van der Waals surface area contributed by atoms with Crippen LogP contribution in [0.1, 0.15) is 26.2 Å². The van der Waals surface area contributed by atoms with Gasteiger partial charge in [0.05, 0.1) is 0 Å². The van der Waals surface area contributed by atoms with Gasteiger partial charge in [0.2, 0.25) is 0 Å². The molecule has 0 aliphatic carbocycles. The van der Waals surface area contributed by atoms with E-state index in [4.69, 9.17) is 0 Å². The summed E-state index contributed by atoms with van der Waals surface area (Å²) in [4.78, 5) is 9.71. The minimum atomic E-state index is -3.50. The van der Waals surface area contributed by atoms with Crippen LogP contribution < -0.4 is 4.58 Å². The molecule has 0 aliphatic heterocycles. The molecule has 0 aromatic carbocycles. The van der Waals surface area contributed by atoms with E-state index in [1.807, 2.05) is 6.92 Å². The highest BCUT2D eigenvalue weighted by Gasteiger charge is 2.13. The molecule has 0 aromatic rings. The fourth-order valence-corrected chi connectivity index (χ4v) is 1.25. The van der Waals surface area contributed by atoms with Crippen LogP contribution in [0.4, 0.5) is 0 Å². The Balaban J connectivity index is 3.59. The van der Waals surface area contributed by atoms with Gasteiger partial charge in [-0.1, -0.05) is 19.8 Å². The van der Waals surface area contributed by atoms with Crippen molar-refractivity contribution in [1.29, 1.82) is 0 Å². The number of nitrogens with one attached hydrogen (secondary N) is 1. The van der Waals surface area contributed by atoms with Gasteiger partial charge in [0.15, 0.2) is 0 Å². The van der Waals surface area contributed by atoms with Gasteiger partial charge in [-0.05, 0) is 6.42 Å². The zero-order valence-electron chi connectivity index (χ0n) is 5.96. The summed E-state index contributed by atoms with van der Waals surface area (Å²) in [6.45, 7) is 1.97. The maximum absolute atomic E-state index is 10.5. The molecule has 0 fully saturated rings. The Morgan fingerprint density at radius 3 is 2.30 bits per heavy atom. The molecule has 0 bridgehead atoms. The van der Waals surface area contributed by atoms with Gasteiger partial charge in [-0.2, -0.15) is 8.42 Å². The van der Waals surface area contributed by atoms with Crippen LogP contribution in [-0.2, 0) is 10.0 Å². The number of rotatable bonds is 5. The third-order valence-electron chi connectivity index (χ3n) is 1.14. The van der Waals surface area contributed by atoms with Crippen LogP contribution in [0.15, 0.2) is 0 Å². The Hall–Kier alpha value is -0.450. The van der Waals surface area contributed by atoms with E-state index in [2.05, 4.69) is 0 Å². The summed E-state index contributed by atoms with van der Waals surface area (Å²) in [6, 6.07) is 0. The molecule has 0 heterocycles. The largest absolute Gasteiger partial charge is 0.404 e. The zero-order chi connectivity index (χ0) is 8.04. The number of hydrogen-bond acceptors (Lipinski definition) is 3. The predicted molar refractivity (Wildman–Crippen MR) is 37.6 cm³/mol. The summed E-state index contributed by atoms with van der Waals surface area (Å²) in [7, 11) is -3.50. The molecule has 4 nitrogen and oxygen atoms in total. The summed E-state index contributed by atoms with van der Waals surface area (Å²) in [5.74, 6) is -0.0513. The van der Waals surface area contributed by atoms with Crippen molar-refractivity contribution in [2.75, 3.05) is 5.75 Å². The Morgan fingerprint density at radius 1 is 1.30 bits per heavy atom. The molecule has 0 atom stereocenters. The lowest BCUT2D eigenvalue weighted by Crippen LogP contribution is -2.69. The van der Waals surface area contributed by atoms with Crippen molar-refractivity contribution >= 4 is 10.0 Å². The van der Waals surface area contributed by atoms with Gasteiger partial charge < -0.3 is 0 Å². The van der Waals surface area contributed by atoms with Crippen LogP contribution in [0, 0.1) is 4.91 Å². The molecule has 0 aliphatic rings. The summed E-state index contributed by atoms with van der Waals surface area (Å²) in [5, 5.41) is 0. The normalized spacial score (nSPS) is 11.3. The second kappa shape index (κ2) is 4.38. The Kier molecular flexibility index (Phi) is 4.18. The van der Waals surface area contributed by atoms with Gasteiger partial charge in [-0.15, -0.1) is 0 Å². The minimum Gasteiger partial charge on any atom is -0.159 e. The van der Waals surface area contributed by atoms with E-state index in [-0.39, 0.29) is 5.75 Å². The average Bonchev–Trinajstić information content (AvgIpc) is 1.89. The van der Waals surface area contributed by atoms with E-state index in [1.165, 1.54) is 0 Å². The first kappa shape index (κ1) is 9.55. The molecule has 0 radical (unpaired) electrons. The SMILES string of the molecule is CCCCCS(=O)(=O)[NH+]=O. The quantitative estimate of drug-likeness (QED) is 0.552. The summed E-state index contributed by atoms with van der Waals surface area (Å²) in [6.07, 6.45) is 2.36. The van der Waals surface area contributed by atoms with E-state index < -0.39 is 10.0 Å². The standard InChI is InChI=1S/C5H11NO3S/c1-2-3-4-5-10(8,9)6-7/h2-5H2,1H3/p+1. The second-order valence-corrected chi connectivity index (χ2v) is 3.91. The zero-order valence-corrected chi connectivity index (χ0v) is 6.78. The molecule has 0 unspecified atom stereocenters. The maximum Gasteiger partial charge on any atom is 0.404 e. The van der Waals surface area contributed by atoms with Gasteiger partial charge >= 0.3 is 10.0 Å². The Morgan fingerprint density at radius 2 is 1.90 bits per heavy atom. The topological polar surface area (TPSA) is 65.2 Å². The second-order valence-electron chi connectivity index (χ2n) is 2.11. The average molecular weight is 166 g/mol. The number of sulfonamides is 1. The van der Waals surface area contributed by atoms with Crippen molar-refractivity contribution < 1.29 is 13.0 Å². The van der Waals surface area contributed by atoms with E-state index in [9.17, 15) is 13.3 Å². The van der Waals surface area contributed by atoms with Crippen molar-refractivity contribution in [3.8, 4) is 0 Å². The van der Waals surface area contributed by atoms with Crippen molar-refractivity contribution in [1.82, 2.24) is 0 Å². The van der Waals surface area contributed by atoms with E-state index in [1.54, 1.807) is 0 Å². The first-order valence-electron chi connectivity index (χ1n) is 3.24. The third-order valence-corrected chi connectivity index (χ3v) is 2.22. The van der Waals surface area contributed by atoms with E-state index >= 15 is 0 Å². The molecule has 0 rings (SSSR count). The van der Waals surface area contributed by atoms with Gasteiger partial charge in [-0.25, -0.2) is 0 Å². The number of unbranched alkanes of at least 4 members (excludes halogenated alkanes) is 2. The van der Waals surface area contributed by atoms with E-state index in [0.29, 0.717) is 6.42 Å². The highest BCUT2D eigenvalue weighted by molar-refractivity contribution is 7.84. The fraction of sp³-hybridized carbons (Fsp3) is 1.00. The molecule has 1 N–H and O–H groups in total. The summed E-state index contributed by atoms with van der Waals surface area (Å²) < 4.78 is 21.9. The van der Waals surface area contributed by atoms with Gasteiger partial charge in [0.1, 0.15) is 10.3 Å². The Labute approximate surface area is 60.7 Å². The van der Waals surface area contributed by atoms with Crippen LogP contribution >= 0.6 is 0 Å². The van der Waals surface area contributed by atoms with Crippen LogP contribution in [0.5, 0.6) is 0 Å². The highest BCUT2D eigenvalue weighted by Crippen LogP contribution is 1.94. The van der Waals surface area contributed by atoms with Gasteiger partial charge in [0, 0.05) is 4.91 Å². The minimum absolute atomic E-state index is 0.0513.